The van der Waals surface area contributed by atoms with Crippen LogP contribution in [0.25, 0.3) is 0 Å². The van der Waals surface area contributed by atoms with Crippen LogP contribution in [0.1, 0.15) is 59.3 Å². The monoisotopic (exact) mass is 349 g/mol. The molecule has 3 rings (SSSR count). The minimum absolute atomic E-state index is 0.0711. The molecule has 0 spiro atoms. The van der Waals surface area contributed by atoms with Crippen molar-refractivity contribution in [1.29, 1.82) is 0 Å². The fraction of sp³-hybridized carbons (Fsp3) is 0.900. The lowest BCUT2D eigenvalue weighted by Gasteiger charge is -2.36. The number of carbonyl (C=O) groups excluding carboxylic acids is 2. The number of hydrogen-bond donors (Lipinski definition) is 1. The number of rotatable bonds is 5. The van der Waals surface area contributed by atoms with Gasteiger partial charge in [0.2, 0.25) is 5.91 Å². The van der Waals surface area contributed by atoms with E-state index in [2.05, 4.69) is 12.2 Å². The number of nitrogens with zero attached hydrogens (tertiary/aromatic N) is 2. The van der Waals surface area contributed by atoms with Crippen molar-refractivity contribution in [2.24, 2.45) is 23.7 Å². The standard InChI is InChI=1S/C20H35N3O2/c1-4-22(5-2)20(25)23-10-8-16(9-11-23)19(24)21-14(3)18-13-15-6-7-17(18)12-15/h14-18H,4-13H2,1-3H3,(H,21,24). The largest absolute Gasteiger partial charge is 0.353 e. The number of fused-ring (bicyclic) bond motifs is 2. The van der Waals surface area contributed by atoms with Gasteiger partial charge in [0.15, 0.2) is 0 Å². The molecule has 1 N–H and O–H groups in total. The normalized spacial score (nSPS) is 30.4. The van der Waals surface area contributed by atoms with Gasteiger partial charge in [-0.05, 0) is 70.6 Å². The molecule has 4 unspecified atom stereocenters. The van der Waals surface area contributed by atoms with E-state index in [1.165, 1.54) is 25.7 Å². The number of likely N-dealkylation sites (tertiary alicyclic amines) is 1. The van der Waals surface area contributed by atoms with Crippen molar-refractivity contribution in [2.45, 2.75) is 65.3 Å². The minimum Gasteiger partial charge on any atom is -0.353 e. The Morgan fingerprint density at radius 1 is 1.08 bits per heavy atom. The van der Waals surface area contributed by atoms with Gasteiger partial charge in [0.25, 0.3) is 0 Å². The zero-order valence-electron chi connectivity index (χ0n) is 16.2. The van der Waals surface area contributed by atoms with Crippen LogP contribution >= 0.6 is 0 Å². The molecular formula is C20H35N3O2. The molecule has 1 saturated heterocycles. The zero-order valence-corrected chi connectivity index (χ0v) is 16.2. The van der Waals surface area contributed by atoms with Crippen LogP contribution in [0.5, 0.6) is 0 Å². The zero-order chi connectivity index (χ0) is 18.0. The molecule has 142 valence electrons. The molecule has 0 aromatic carbocycles. The van der Waals surface area contributed by atoms with Gasteiger partial charge >= 0.3 is 6.03 Å². The number of hydrogen-bond acceptors (Lipinski definition) is 2. The Hall–Kier alpha value is -1.26. The molecule has 0 radical (unpaired) electrons. The lowest BCUT2D eigenvalue weighted by molar-refractivity contribution is -0.127. The third-order valence-electron chi connectivity index (χ3n) is 6.98. The molecule has 1 heterocycles. The number of nitrogens with one attached hydrogen (secondary N) is 1. The molecule has 1 aliphatic heterocycles. The lowest BCUT2D eigenvalue weighted by atomic mass is 9.83. The number of amides is 3. The van der Waals surface area contributed by atoms with Gasteiger partial charge < -0.3 is 15.1 Å². The Morgan fingerprint density at radius 3 is 2.28 bits per heavy atom. The fourth-order valence-electron chi connectivity index (χ4n) is 5.38. The summed E-state index contributed by atoms with van der Waals surface area (Å²) in [6.07, 6.45) is 7.05. The Labute approximate surface area is 152 Å². The lowest BCUT2D eigenvalue weighted by Crippen LogP contribution is -2.49. The van der Waals surface area contributed by atoms with E-state index in [0.717, 1.165) is 37.8 Å². The van der Waals surface area contributed by atoms with Crippen LogP contribution < -0.4 is 5.32 Å². The smallest absolute Gasteiger partial charge is 0.319 e. The Morgan fingerprint density at radius 2 is 1.76 bits per heavy atom. The number of urea groups is 1. The van der Waals surface area contributed by atoms with E-state index in [1.807, 2.05) is 23.6 Å². The van der Waals surface area contributed by atoms with Crippen molar-refractivity contribution in [2.75, 3.05) is 26.2 Å². The second-order valence-electron chi connectivity index (χ2n) is 8.35. The second kappa shape index (κ2) is 7.96. The summed E-state index contributed by atoms with van der Waals surface area (Å²) in [5.74, 6) is 2.73. The number of carbonyl (C=O) groups is 2. The molecule has 2 bridgehead atoms. The van der Waals surface area contributed by atoms with Crippen molar-refractivity contribution < 1.29 is 9.59 Å². The van der Waals surface area contributed by atoms with Crippen LogP contribution in [-0.2, 0) is 4.79 Å². The maximum absolute atomic E-state index is 12.7. The summed E-state index contributed by atoms with van der Waals surface area (Å²) >= 11 is 0. The van der Waals surface area contributed by atoms with Gasteiger partial charge in [0, 0.05) is 38.1 Å². The molecule has 5 heteroatoms. The quantitative estimate of drug-likeness (QED) is 0.829. The first-order chi connectivity index (χ1) is 12.0. The van der Waals surface area contributed by atoms with Crippen molar-refractivity contribution in [3.05, 3.63) is 0 Å². The predicted molar refractivity (Wildman–Crippen MR) is 99.2 cm³/mol. The summed E-state index contributed by atoms with van der Waals surface area (Å²) < 4.78 is 0. The molecule has 4 atom stereocenters. The van der Waals surface area contributed by atoms with Crippen LogP contribution in [0, 0.1) is 23.7 Å². The van der Waals surface area contributed by atoms with Crippen molar-refractivity contribution in [3.63, 3.8) is 0 Å². The third kappa shape index (κ3) is 3.95. The highest BCUT2D eigenvalue weighted by atomic mass is 16.2. The SMILES string of the molecule is CCN(CC)C(=O)N1CCC(C(=O)NC(C)C2CC3CCC2C3)CC1. The van der Waals surface area contributed by atoms with Gasteiger partial charge in [-0.25, -0.2) is 4.79 Å². The Balaban J connectivity index is 1.44. The summed E-state index contributed by atoms with van der Waals surface area (Å²) in [7, 11) is 0. The first kappa shape index (κ1) is 18.5. The van der Waals surface area contributed by atoms with Gasteiger partial charge in [-0.3, -0.25) is 4.79 Å². The number of piperidine rings is 1. The maximum atomic E-state index is 12.7. The van der Waals surface area contributed by atoms with Crippen molar-refractivity contribution >= 4 is 11.9 Å². The predicted octanol–water partition coefficient (Wildman–Crippen LogP) is 3.10. The van der Waals surface area contributed by atoms with E-state index in [1.54, 1.807) is 0 Å². The van der Waals surface area contributed by atoms with E-state index in [9.17, 15) is 9.59 Å². The summed E-state index contributed by atoms with van der Waals surface area (Å²) in [6.45, 7) is 9.12. The highest BCUT2D eigenvalue weighted by Crippen LogP contribution is 2.49. The van der Waals surface area contributed by atoms with Gasteiger partial charge in [-0.15, -0.1) is 0 Å². The maximum Gasteiger partial charge on any atom is 0.319 e. The molecule has 3 fully saturated rings. The molecule has 2 saturated carbocycles. The topological polar surface area (TPSA) is 52.7 Å². The molecule has 2 aliphatic carbocycles. The molecule has 25 heavy (non-hydrogen) atoms. The van der Waals surface area contributed by atoms with E-state index in [4.69, 9.17) is 0 Å². The van der Waals surface area contributed by atoms with E-state index in [0.29, 0.717) is 25.0 Å². The first-order valence-electron chi connectivity index (χ1n) is 10.4. The van der Waals surface area contributed by atoms with Gasteiger partial charge in [-0.2, -0.15) is 0 Å². The van der Waals surface area contributed by atoms with Gasteiger partial charge in [0.05, 0.1) is 0 Å². The van der Waals surface area contributed by atoms with Crippen LogP contribution in [0.15, 0.2) is 0 Å². The third-order valence-corrected chi connectivity index (χ3v) is 6.98. The molecule has 0 aromatic heterocycles. The molecule has 3 amide bonds. The van der Waals surface area contributed by atoms with Gasteiger partial charge in [0.1, 0.15) is 0 Å². The average Bonchev–Trinajstić information content (AvgIpc) is 3.26. The fourth-order valence-corrected chi connectivity index (χ4v) is 5.38. The Bertz CT molecular complexity index is 483. The summed E-state index contributed by atoms with van der Waals surface area (Å²) in [6, 6.07) is 0.428. The van der Waals surface area contributed by atoms with Crippen LogP contribution in [0.3, 0.4) is 0 Å². The molecule has 3 aliphatic rings. The van der Waals surface area contributed by atoms with Crippen molar-refractivity contribution in [1.82, 2.24) is 15.1 Å². The highest BCUT2D eigenvalue weighted by Gasteiger charge is 2.42. The van der Waals surface area contributed by atoms with Crippen molar-refractivity contribution in [3.8, 4) is 0 Å². The van der Waals surface area contributed by atoms with E-state index in [-0.39, 0.29) is 17.9 Å². The summed E-state index contributed by atoms with van der Waals surface area (Å²) in [4.78, 5) is 28.9. The van der Waals surface area contributed by atoms with Crippen LogP contribution in [0.4, 0.5) is 4.79 Å². The van der Waals surface area contributed by atoms with E-state index >= 15 is 0 Å². The molecule has 5 nitrogen and oxygen atoms in total. The van der Waals surface area contributed by atoms with Gasteiger partial charge in [-0.1, -0.05) is 6.42 Å². The summed E-state index contributed by atoms with van der Waals surface area (Å²) in [5.41, 5.74) is 0. The molecular weight excluding hydrogens is 314 g/mol. The van der Waals surface area contributed by atoms with Crippen LogP contribution in [0.2, 0.25) is 0 Å². The first-order valence-corrected chi connectivity index (χ1v) is 10.4. The molecule has 0 aromatic rings. The summed E-state index contributed by atoms with van der Waals surface area (Å²) in [5, 5.41) is 3.31. The minimum atomic E-state index is 0.0711. The van der Waals surface area contributed by atoms with E-state index < -0.39 is 0 Å². The van der Waals surface area contributed by atoms with Crippen LogP contribution in [-0.4, -0.2) is 54.0 Å². The second-order valence-corrected chi connectivity index (χ2v) is 8.35. The Kier molecular flexibility index (Phi) is 5.90. The highest BCUT2D eigenvalue weighted by molar-refractivity contribution is 5.80. The average molecular weight is 350 g/mol.